The highest BCUT2D eigenvalue weighted by Gasteiger charge is 2.17. The lowest BCUT2D eigenvalue weighted by Crippen LogP contribution is -2.24. The summed E-state index contributed by atoms with van der Waals surface area (Å²) in [7, 11) is 1.30. The van der Waals surface area contributed by atoms with Gasteiger partial charge in [0.25, 0.3) is 0 Å². The Morgan fingerprint density at radius 3 is 2.59 bits per heavy atom. The Kier molecular flexibility index (Phi) is 4.16. The second kappa shape index (κ2) is 6.64. The molecule has 6 nitrogen and oxygen atoms in total. The molecule has 0 saturated carbocycles. The molecule has 6 heteroatoms. The highest BCUT2D eigenvalue weighted by molar-refractivity contribution is 5.95. The first-order valence-corrected chi connectivity index (χ1v) is 8.36. The highest BCUT2D eigenvalue weighted by Crippen LogP contribution is 2.33. The first-order valence-electron chi connectivity index (χ1n) is 8.36. The van der Waals surface area contributed by atoms with Gasteiger partial charge in [-0.3, -0.25) is 0 Å². The van der Waals surface area contributed by atoms with Crippen LogP contribution in [0.1, 0.15) is 6.92 Å². The van der Waals surface area contributed by atoms with Crippen LogP contribution in [0, 0.1) is 0 Å². The molecule has 4 rings (SSSR count). The molecule has 0 aliphatic heterocycles. The largest absolute Gasteiger partial charge is 0.479 e. The van der Waals surface area contributed by atoms with Gasteiger partial charge in [0, 0.05) is 22.4 Å². The van der Waals surface area contributed by atoms with Crippen LogP contribution in [0.25, 0.3) is 33.3 Å². The third kappa shape index (κ3) is 3.17. The third-order valence-corrected chi connectivity index (χ3v) is 4.25. The molecule has 0 N–H and O–H groups in total. The molecule has 0 fully saturated rings. The first kappa shape index (κ1) is 16.9. The maximum absolute atomic E-state index is 12.0. The quantitative estimate of drug-likeness (QED) is 0.400. The summed E-state index contributed by atoms with van der Waals surface area (Å²) in [5.74, 6) is 0.520. The number of para-hydroxylation sites is 1. The van der Waals surface area contributed by atoms with E-state index in [0.717, 1.165) is 11.0 Å². The van der Waals surface area contributed by atoms with E-state index in [-0.39, 0.29) is 0 Å². The number of carbonyl (C=O) groups is 1. The Hall–Kier alpha value is -3.54. The lowest BCUT2D eigenvalue weighted by atomic mass is 10.1. The summed E-state index contributed by atoms with van der Waals surface area (Å²) < 4.78 is 21.5. The number of esters is 1. The van der Waals surface area contributed by atoms with Crippen molar-refractivity contribution in [3.63, 3.8) is 0 Å². The lowest BCUT2D eigenvalue weighted by Gasteiger charge is -2.13. The Balaban J connectivity index is 1.85. The second-order valence-electron chi connectivity index (χ2n) is 6.07. The second-order valence-corrected chi connectivity index (χ2v) is 6.07. The van der Waals surface area contributed by atoms with E-state index in [0.29, 0.717) is 28.0 Å². The highest BCUT2D eigenvalue weighted by atomic mass is 16.6. The summed E-state index contributed by atoms with van der Waals surface area (Å²) in [5.41, 5.74) is 1.24. The first-order chi connectivity index (χ1) is 13.0. The van der Waals surface area contributed by atoms with Crippen molar-refractivity contribution >= 4 is 27.9 Å². The Bertz CT molecular complexity index is 1170. The van der Waals surface area contributed by atoms with E-state index in [4.69, 9.17) is 13.6 Å². The number of fused-ring (bicyclic) bond motifs is 2. The molecule has 0 aliphatic carbocycles. The topological polar surface area (TPSA) is 78.9 Å². The van der Waals surface area contributed by atoms with Gasteiger partial charge in [0.2, 0.25) is 0 Å². The molecule has 0 bridgehead atoms. The zero-order chi connectivity index (χ0) is 19.0. The molecule has 27 heavy (non-hydrogen) atoms. The molecule has 4 aromatic rings. The summed E-state index contributed by atoms with van der Waals surface area (Å²) >= 11 is 0. The number of furan rings is 1. The zero-order valence-corrected chi connectivity index (χ0v) is 14.7. The minimum atomic E-state index is -0.766. The number of ether oxygens (including phenoxy) is 2. The fourth-order valence-electron chi connectivity index (χ4n) is 2.95. The minimum absolute atomic E-state index is 0.399. The monoisotopic (exact) mass is 364 g/mol. The standard InChI is InChI=1S/C21H16O6/c1-12(21(23)24-2)25-14-7-8-18-15(10-14)16(11-20(22)27-18)19-9-13-5-3-4-6-17(13)26-19/h3-12H,1-2H3/t12-/m0/s1. The van der Waals surface area contributed by atoms with Gasteiger partial charge < -0.3 is 18.3 Å². The van der Waals surface area contributed by atoms with E-state index in [1.54, 1.807) is 25.1 Å². The molecule has 0 spiro atoms. The van der Waals surface area contributed by atoms with Crippen LogP contribution in [-0.2, 0) is 9.53 Å². The number of carbonyl (C=O) groups excluding carboxylic acids is 1. The van der Waals surface area contributed by atoms with E-state index in [1.165, 1.54) is 13.2 Å². The van der Waals surface area contributed by atoms with Crippen molar-refractivity contribution in [1.29, 1.82) is 0 Å². The zero-order valence-electron chi connectivity index (χ0n) is 14.7. The summed E-state index contributed by atoms with van der Waals surface area (Å²) in [6.07, 6.45) is -0.766. The fraction of sp³-hybridized carbons (Fsp3) is 0.143. The van der Waals surface area contributed by atoms with Crippen molar-refractivity contribution < 1.29 is 23.1 Å². The van der Waals surface area contributed by atoms with E-state index >= 15 is 0 Å². The van der Waals surface area contributed by atoms with Gasteiger partial charge in [-0.25, -0.2) is 9.59 Å². The van der Waals surface area contributed by atoms with Crippen molar-refractivity contribution in [1.82, 2.24) is 0 Å². The number of hydrogen-bond donors (Lipinski definition) is 0. The number of hydrogen-bond acceptors (Lipinski definition) is 6. The summed E-state index contributed by atoms with van der Waals surface area (Å²) in [4.78, 5) is 23.6. The molecular formula is C21H16O6. The molecular weight excluding hydrogens is 348 g/mol. The molecule has 1 atom stereocenters. The molecule has 0 unspecified atom stereocenters. The van der Waals surface area contributed by atoms with Crippen molar-refractivity contribution in [3.8, 4) is 17.1 Å². The van der Waals surface area contributed by atoms with Crippen molar-refractivity contribution in [2.75, 3.05) is 7.11 Å². The maximum atomic E-state index is 12.0. The Labute approximate surface area is 153 Å². The molecule has 2 aromatic heterocycles. The van der Waals surface area contributed by atoms with Crippen LogP contribution in [0.2, 0.25) is 0 Å². The van der Waals surface area contributed by atoms with Gasteiger partial charge in [-0.15, -0.1) is 0 Å². The van der Waals surface area contributed by atoms with Gasteiger partial charge >= 0.3 is 11.6 Å². The SMILES string of the molecule is COC(=O)[C@H](C)Oc1ccc2oc(=O)cc(-c3cc4ccccc4o3)c2c1. The number of methoxy groups -OCH3 is 1. The van der Waals surface area contributed by atoms with Crippen LogP contribution in [0.5, 0.6) is 5.75 Å². The molecule has 0 amide bonds. The summed E-state index contributed by atoms with van der Waals surface area (Å²) in [5, 5.41) is 1.57. The van der Waals surface area contributed by atoms with E-state index < -0.39 is 17.7 Å². The molecule has 0 saturated heterocycles. The van der Waals surface area contributed by atoms with Crippen LogP contribution in [0.15, 0.2) is 68.2 Å². The van der Waals surface area contributed by atoms with Gasteiger partial charge in [-0.2, -0.15) is 0 Å². The summed E-state index contributed by atoms with van der Waals surface area (Å²) in [6, 6.07) is 15.8. The third-order valence-electron chi connectivity index (χ3n) is 4.25. The normalized spacial score (nSPS) is 12.2. The number of benzene rings is 2. The Morgan fingerprint density at radius 1 is 1.00 bits per heavy atom. The Morgan fingerprint density at radius 2 is 1.81 bits per heavy atom. The fourth-order valence-corrected chi connectivity index (χ4v) is 2.95. The molecule has 2 aromatic carbocycles. The van der Waals surface area contributed by atoms with Crippen LogP contribution >= 0.6 is 0 Å². The predicted molar refractivity (Wildman–Crippen MR) is 99.8 cm³/mol. The minimum Gasteiger partial charge on any atom is -0.479 e. The molecule has 0 radical (unpaired) electrons. The van der Waals surface area contributed by atoms with Gasteiger partial charge in [0.05, 0.1) is 7.11 Å². The summed E-state index contributed by atoms with van der Waals surface area (Å²) in [6.45, 7) is 1.60. The van der Waals surface area contributed by atoms with Gasteiger partial charge in [-0.05, 0) is 37.3 Å². The number of rotatable bonds is 4. The molecule has 2 heterocycles. The van der Waals surface area contributed by atoms with Crippen molar-refractivity contribution in [2.45, 2.75) is 13.0 Å². The van der Waals surface area contributed by atoms with Crippen LogP contribution in [0.4, 0.5) is 0 Å². The maximum Gasteiger partial charge on any atom is 0.346 e. The predicted octanol–water partition coefficient (Wildman–Crippen LogP) is 4.15. The van der Waals surface area contributed by atoms with Crippen LogP contribution < -0.4 is 10.4 Å². The van der Waals surface area contributed by atoms with Gasteiger partial charge in [-0.1, -0.05) is 18.2 Å². The van der Waals surface area contributed by atoms with E-state index in [2.05, 4.69) is 4.74 Å². The smallest absolute Gasteiger partial charge is 0.346 e. The van der Waals surface area contributed by atoms with Gasteiger partial charge in [0.1, 0.15) is 22.7 Å². The van der Waals surface area contributed by atoms with E-state index in [1.807, 2.05) is 30.3 Å². The average Bonchev–Trinajstić information content (AvgIpc) is 3.11. The molecule has 136 valence electrons. The molecule has 0 aliphatic rings. The van der Waals surface area contributed by atoms with Gasteiger partial charge in [0.15, 0.2) is 6.10 Å². The van der Waals surface area contributed by atoms with E-state index in [9.17, 15) is 9.59 Å². The van der Waals surface area contributed by atoms with Crippen LogP contribution in [0.3, 0.4) is 0 Å². The van der Waals surface area contributed by atoms with Crippen molar-refractivity contribution in [3.05, 3.63) is 65.0 Å². The lowest BCUT2D eigenvalue weighted by molar-refractivity contribution is -0.147. The van der Waals surface area contributed by atoms with Crippen LogP contribution in [-0.4, -0.2) is 19.2 Å². The average molecular weight is 364 g/mol. The van der Waals surface area contributed by atoms with Crippen molar-refractivity contribution in [2.24, 2.45) is 0 Å².